The van der Waals surface area contributed by atoms with Crippen LogP contribution in [0.4, 0.5) is 5.13 Å². The molecule has 29 heavy (non-hydrogen) atoms. The maximum atomic E-state index is 12.8. The van der Waals surface area contributed by atoms with Gasteiger partial charge in [-0.2, -0.15) is 0 Å². The summed E-state index contributed by atoms with van der Waals surface area (Å²) in [6.45, 7) is 4.24. The third-order valence-electron chi connectivity index (χ3n) is 5.04. The molecule has 4 rings (SSSR count). The SMILES string of the molecule is COc1ccc2nc(NC(=O)c3cccc(C(C)c4ccc(C)cc4)c3)sc2c1. The fourth-order valence-electron chi connectivity index (χ4n) is 3.25. The highest BCUT2D eigenvalue weighted by Gasteiger charge is 2.14. The van der Waals surface area contributed by atoms with Crippen molar-refractivity contribution in [2.24, 2.45) is 0 Å². The van der Waals surface area contributed by atoms with Gasteiger partial charge in [0.2, 0.25) is 0 Å². The summed E-state index contributed by atoms with van der Waals surface area (Å²) in [5.41, 5.74) is 5.04. The Bertz CT molecular complexity index is 1170. The van der Waals surface area contributed by atoms with E-state index in [1.807, 2.05) is 36.4 Å². The molecule has 4 aromatic rings. The third kappa shape index (κ3) is 4.15. The van der Waals surface area contributed by atoms with Crippen molar-refractivity contribution in [3.8, 4) is 5.75 Å². The predicted molar refractivity (Wildman–Crippen MR) is 119 cm³/mol. The Morgan fingerprint density at radius 1 is 1.03 bits per heavy atom. The highest BCUT2D eigenvalue weighted by Crippen LogP contribution is 2.30. The topological polar surface area (TPSA) is 51.2 Å². The standard InChI is InChI=1S/C24H22N2O2S/c1-15-7-9-17(10-8-15)16(2)18-5-4-6-19(13-18)23(27)26-24-25-21-12-11-20(28-3)14-22(21)29-24/h4-14,16H,1-3H3,(H,25,26,27). The summed E-state index contributed by atoms with van der Waals surface area (Å²) in [7, 11) is 1.63. The lowest BCUT2D eigenvalue weighted by Crippen LogP contribution is -2.12. The number of hydrogen-bond acceptors (Lipinski definition) is 4. The van der Waals surface area contributed by atoms with Gasteiger partial charge < -0.3 is 4.74 Å². The Balaban J connectivity index is 1.54. The number of hydrogen-bond donors (Lipinski definition) is 1. The van der Waals surface area contributed by atoms with Gasteiger partial charge in [-0.3, -0.25) is 10.1 Å². The molecule has 1 unspecified atom stereocenters. The molecule has 0 bridgehead atoms. The van der Waals surface area contributed by atoms with Crippen LogP contribution >= 0.6 is 11.3 Å². The highest BCUT2D eigenvalue weighted by molar-refractivity contribution is 7.22. The van der Waals surface area contributed by atoms with Gasteiger partial charge in [-0.25, -0.2) is 4.98 Å². The Labute approximate surface area is 174 Å². The minimum atomic E-state index is -0.158. The van der Waals surface area contributed by atoms with Crippen LogP contribution in [-0.2, 0) is 0 Å². The lowest BCUT2D eigenvalue weighted by molar-refractivity contribution is 0.102. The quantitative estimate of drug-likeness (QED) is 0.444. The van der Waals surface area contributed by atoms with E-state index in [9.17, 15) is 4.79 Å². The van der Waals surface area contributed by atoms with Crippen LogP contribution in [0.25, 0.3) is 10.2 Å². The monoisotopic (exact) mass is 402 g/mol. The molecular formula is C24H22N2O2S. The number of aryl methyl sites for hydroxylation is 1. The van der Waals surface area contributed by atoms with Crippen LogP contribution in [0.2, 0.25) is 0 Å². The first kappa shape index (κ1) is 19.2. The second kappa shape index (κ2) is 8.05. The first-order chi connectivity index (χ1) is 14.0. The number of carbonyl (C=O) groups excluding carboxylic acids is 1. The van der Waals surface area contributed by atoms with Gasteiger partial charge in [0.05, 0.1) is 17.3 Å². The van der Waals surface area contributed by atoms with Crippen molar-refractivity contribution < 1.29 is 9.53 Å². The van der Waals surface area contributed by atoms with Gasteiger partial charge in [-0.05, 0) is 48.4 Å². The number of amides is 1. The number of carbonyl (C=O) groups is 1. The average Bonchev–Trinajstić information content (AvgIpc) is 3.15. The molecule has 1 N–H and O–H groups in total. The van der Waals surface area contributed by atoms with Crippen molar-refractivity contribution in [3.63, 3.8) is 0 Å². The zero-order chi connectivity index (χ0) is 20.4. The Kier molecular flexibility index (Phi) is 5.32. The van der Waals surface area contributed by atoms with E-state index >= 15 is 0 Å². The maximum absolute atomic E-state index is 12.8. The van der Waals surface area contributed by atoms with E-state index in [-0.39, 0.29) is 11.8 Å². The van der Waals surface area contributed by atoms with Crippen molar-refractivity contribution in [2.45, 2.75) is 19.8 Å². The number of ether oxygens (including phenoxy) is 1. The summed E-state index contributed by atoms with van der Waals surface area (Å²) in [6.07, 6.45) is 0. The van der Waals surface area contributed by atoms with Crippen LogP contribution in [0.1, 0.15) is 39.9 Å². The van der Waals surface area contributed by atoms with Crippen LogP contribution in [0.3, 0.4) is 0 Å². The molecule has 1 aromatic heterocycles. The summed E-state index contributed by atoms with van der Waals surface area (Å²) >= 11 is 1.44. The summed E-state index contributed by atoms with van der Waals surface area (Å²) in [6, 6.07) is 22.0. The number of thiazole rings is 1. The molecular weight excluding hydrogens is 380 g/mol. The molecule has 1 heterocycles. The Hall–Kier alpha value is -3.18. The van der Waals surface area contributed by atoms with Crippen molar-refractivity contribution in [1.29, 1.82) is 0 Å². The van der Waals surface area contributed by atoms with Crippen LogP contribution in [0.5, 0.6) is 5.75 Å². The molecule has 1 atom stereocenters. The molecule has 0 radical (unpaired) electrons. The molecule has 1 amide bonds. The van der Waals surface area contributed by atoms with Gasteiger partial charge in [0, 0.05) is 11.5 Å². The lowest BCUT2D eigenvalue weighted by Gasteiger charge is -2.14. The van der Waals surface area contributed by atoms with Gasteiger partial charge in [-0.1, -0.05) is 60.2 Å². The van der Waals surface area contributed by atoms with Crippen molar-refractivity contribution in [3.05, 3.63) is 89.0 Å². The minimum Gasteiger partial charge on any atom is -0.497 e. The van der Waals surface area contributed by atoms with E-state index in [4.69, 9.17) is 4.74 Å². The number of rotatable bonds is 5. The molecule has 0 fully saturated rings. The molecule has 0 aliphatic heterocycles. The van der Waals surface area contributed by atoms with Gasteiger partial charge in [0.25, 0.3) is 5.91 Å². The summed E-state index contributed by atoms with van der Waals surface area (Å²) in [5, 5.41) is 3.51. The smallest absolute Gasteiger partial charge is 0.257 e. The maximum Gasteiger partial charge on any atom is 0.257 e. The number of aromatic nitrogens is 1. The Morgan fingerprint density at radius 2 is 1.83 bits per heavy atom. The number of nitrogens with one attached hydrogen (secondary N) is 1. The van der Waals surface area contributed by atoms with E-state index in [1.54, 1.807) is 7.11 Å². The number of anilines is 1. The van der Waals surface area contributed by atoms with Crippen LogP contribution in [0, 0.1) is 6.92 Å². The average molecular weight is 403 g/mol. The van der Waals surface area contributed by atoms with Crippen LogP contribution < -0.4 is 10.1 Å². The normalized spacial score (nSPS) is 12.0. The van der Waals surface area contributed by atoms with Crippen LogP contribution in [0.15, 0.2) is 66.7 Å². The van der Waals surface area contributed by atoms with Crippen molar-refractivity contribution in [2.75, 3.05) is 12.4 Å². The minimum absolute atomic E-state index is 0.158. The summed E-state index contributed by atoms with van der Waals surface area (Å²) < 4.78 is 6.23. The fraction of sp³-hybridized carbons (Fsp3) is 0.167. The van der Waals surface area contributed by atoms with E-state index in [0.717, 1.165) is 21.5 Å². The molecule has 0 aliphatic carbocycles. The molecule has 0 saturated carbocycles. The largest absolute Gasteiger partial charge is 0.497 e. The third-order valence-corrected chi connectivity index (χ3v) is 5.98. The number of nitrogens with zero attached hydrogens (tertiary/aromatic N) is 1. The Morgan fingerprint density at radius 3 is 2.59 bits per heavy atom. The molecule has 5 heteroatoms. The highest BCUT2D eigenvalue weighted by atomic mass is 32.1. The first-order valence-corrected chi connectivity index (χ1v) is 10.3. The predicted octanol–water partition coefficient (Wildman–Crippen LogP) is 6.02. The molecule has 0 spiro atoms. The first-order valence-electron chi connectivity index (χ1n) is 9.46. The van der Waals surface area contributed by atoms with E-state index in [2.05, 4.69) is 54.5 Å². The lowest BCUT2D eigenvalue weighted by atomic mass is 9.91. The second-order valence-electron chi connectivity index (χ2n) is 7.06. The number of methoxy groups -OCH3 is 1. The van der Waals surface area contributed by atoms with Crippen molar-refractivity contribution >= 4 is 32.6 Å². The van der Waals surface area contributed by atoms with Gasteiger partial charge in [0.15, 0.2) is 5.13 Å². The number of benzene rings is 3. The summed E-state index contributed by atoms with van der Waals surface area (Å²) in [4.78, 5) is 17.3. The van der Waals surface area contributed by atoms with E-state index in [0.29, 0.717) is 10.7 Å². The zero-order valence-electron chi connectivity index (χ0n) is 16.6. The number of fused-ring (bicyclic) bond motifs is 1. The second-order valence-corrected chi connectivity index (χ2v) is 8.10. The van der Waals surface area contributed by atoms with Crippen LogP contribution in [-0.4, -0.2) is 18.0 Å². The molecule has 4 nitrogen and oxygen atoms in total. The molecule has 3 aromatic carbocycles. The molecule has 146 valence electrons. The van der Waals surface area contributed by atoms with Gasteiger partial charge >= 0.3 is 0 Å². The molecule has 0 aliphatic rings. The van der Waals surface area contributed by atoms with E-state index < -0.39 is 0 Å². The zero-order valence-corrected chi connectivity index (χ0v) is 17.4. The van der Waals surface area contributed by atoms with E-state index in [1.165, 1.54) is 22.5 Å². The van der Waals surface area contributed by atoms with Crippen molar-refractivity contribution in [1.82, 2.24) is 4.98 Å². The van der Waals surface area contributed by atoms with Gasteiger partial charge in [-0.15, -0.1) is 0 Å². The fourth-order valence-corrected chi connectivity index (χ4v) is 4.14. The summed E-state index contributed by atoms with van der Waals surface area (Å²) in [5.74, 6) is 0.823. The van der Waals surface area contributed by atoms with Gasteiger partial charge in [0.1, 0.15) is 5.75 Å². The molecule has 0 saturated heterocycles.